The van der Waals surface area contributed by atoms with Gasteiger partial charge in [-0.3, -0.25) is 0 Å². The molecule has 3 N–H and O–H groups in total. The predicted octanol–water partition coefficient (Wildman–Crippen LogP) is 1.77. The third-order valence-electron chi connectivity index (χ3n) is 1.98. The van der Waals surface area contributed by atoms with Gasteiger partial charge in [0.1, 0.15) is 5.82 Å². The van der Waals surface area contributed by atoms with Crippen molar-refractivity contribution in [3.05, 3.63) is 35.8 Å². The molecule has 1 aromatic carbocycles. The van der Waals surface area contributed by atoms with E-state index in [-0.39, 0.29) is 5.82 Å². The minimum Gasteiger partial charge on any atom is -0.361 e. The van der Waals surface area contributed by atoms with E-state index in [1.807, 2.05) is 0 Å². The molecule has 0 unspecified atom stereocenters. The molecular weight excluding hydrogens is 155 g/mol. The molecule has 0 atom stereocenters. The van der Waals surface area contributed by atoms with Gasteiger partial charge in [-0.1, -0.05) is 6.07 Å². The number of nitrogens with two attached hydrogens (primary N) is 1. The quantitative estimate of drug-likeness (QED) is 0.662. The van der Waals surface area contributed by atoms with Gasteiger partial charge in [-0.15, -0.1) is 0 Å². The smallest absolute Gasteiger partial charge is 0.132 e. The molecule has 12 heavy (non-hydrogen) atoms. The van der Waals surface area contributed by atoms with Gasteiger partial charge in [-0.25, -0.2) is 4.39 Å². The minimum absolute atomic E-state index is 0.205. The second-order valence-electron chi connectivity index (χ2n) is 2.68. The van der Waals surface area contributed by atoms with E-state index in [1.165, 1.54) is 6.07 Å². The summed E-state index contributed by atoms with van der Waals surface area (Å²) in [5.41, 5.74) is 7.23. The van der Waals surface area contributed by atoms with Crippen LogP contribution in [-0.2, 0) is 6.54 Å². The summed E-state index contributed by atoms with van der Waals surface area (Å²) >= 11 is 0. The molecule has 0 aliphatic heterocycles. The summed E-state index contributed by atoms with van der Waals surface area (Å²) in [6.07, 6.45) is 1.72. The van der Waals surface area contributed by atoms with Crippen molar-refractivity contribution in [2.24, 2.45) is 5.73 Å². The second kappa shape index (κ2) is 2.60. The van der Waals surface area contributed by atoms with E-state index in [0.717, 1.165) is 11.1 Å². The lowest BCUT2D eigenvalue weighted by Crippen LogP contribution is -1.97. The van der Waals surface area contributed by atoms with Gasteiger partial charge < -0.3 is 10.7 Å². The highest BCUT2D eigenvalue weighted by Gasteiger charge is 2.04. The monoisotopic (exact) mass is 164 g/mol. The van der Waals surface area contributed by atoms with Gasteiger partial charge in [-0.05, 0) is 17.7 Å². The largest absolute Gasteiger partial charge is 0.361 e. The standard InChI is InChI=1S/C9H9FN2/c10-8-2-1-6(5-11)9-7(8)3-4-12-9/h1-4,12H,5,11H2. The highest BCUT2D eigenvalue weighted by atomic mass is 19.1. The zero-order valence-corrected chi connectivity index (χ0v) is 6.47. The van der Waals surface area contributed by atoms with Gasteiger partial charge in [0.05, 0.1) is 5.52 Å². The normalized spacial score (nSPS) is 10.8. The van der Waals surface area contributed by atoms with Crippen LogP contribution in [0.1, 0.15) is 5.56 Å². The van der Waals surface area contributed by atoms with E-state index >= 15 is 0 Å². The SMILES string of the molecule is NCc1ccc(F)c2cc[nH]c12. The van der Waals surface area contributed by atoms with Crippen LogP contribution in [-0.4, -0.2) is 4.98 Å². The highest BCUT2D eigenvalue weighted by molar-refractivity contribution is 5.83. The zero-order chi connectivity index (χ0) is 8.55. The molecule has 0 aliphatic rings. The summed E-state index contributed by atoms with van der Waals surface area (Å²) in [6.45, 7) is 0.428. The molecule has 2 aromatic rings. The van der Waals surface area contributed by atoms with Gasteiger partial charge in [-0.2, -0.15) is 0 Å². The van der Waals surface area contributed by atoms with Crippen LogP contribution in [0.15, 0.2) is 24.4 Å². The number of rotatable bonds is 1. The number of hydrogen-bond donors (Lipinski definition) is 2. The molecule has 62 valence electrons. The van der Waals surface area contributed by atoms with Gasteiger partial charge in [0, 0.05) is 18.1 Å². The minimum atomic E-state index is -0.205. The number of nitrogens with one attached hydrogen (secondary N) is 1. The first kappa shape index (κ1) is 7.31. The second-order valence-corrected chi connectivity index (χ2v) is 2.68. The molecule has 0 aliphatic carbocycles. The van der Waals surface area contributed by atoms with Crippen molar-refractivity contribution >= 4 is 10.9 Å². The summed E-state index contributed by atoms with van der Waals surface area (Å²) in [6, 6.07) is 4.86. The van der Waals surface area contributed by atoms with E-state index < -0.39 is 0 Å². The number of fused-ring (bicyclic) bond motifs is 1. The topological polar surface area (TPSA) is 41.8 Å². The third kappa shape index (κ3) is 0.905. The van der Waals surface area contributed by atoms with Gasteiger partial charge in [0.15, 0.2) is 0 Å². The third-order valence-corrected chi connectivity index (χ3v) is 1.98. The Bertz CT molecular complexity index is 406. The summed E-state index contributed by atoms with van der Waals surface area (Å²) < 4.78 is 13.1. The molecule has 1 aromatic heterocycles. The first-order valence-corrected chi connectivity index (χ1v) is 3.77. The molecular formula is C9H9FN2. The number of H-pyrrole nitrogens is 1. The fourth-order valence-electron chi connectivity index (χ4n) is 1.35. The Morgan fingerprint density at radius 2 is 2.17 bits per heavy atom. The number of hydrogen-bond acceptors (Lipinski definition) is 1. The van der Waals surface area contributed by atoms with Gasteiger partial charge >= 0.3 is 0 Å². The van der Waals surface area contributed by atoms with Crippen LogP contribution in [0.5, 0.6) is 0 Å². The van der Waals surface area contributed by atoms with E-state index in [0.29, 0.717) is 11.9 Å². The van der Waals surface area contributed by atoms with E-state index in [4.69, 9.17) is 5.73 Å². The number of benzene rings is 1. The van der Waals surface area contributed by atoms with Crippen LogP contribution in [0.2, 0.25) is 0 Å². The van der Waals surface area contributed by atoms with Crippen molar-refractivity contribution in [3.8, 4) is 0 Å². The molecule has 0 saturated carbocycles. The zero-order valence-electron chi connectivity index (χ0n) is 6.47. The van der Waals surface area contributed by atoms with Gasteiger partial charge in [0.25, 0.3) is 0 Å². The Hall–Kier alpha value is -1.35. The maximum atomic E-state index is 13.1. The summed E-state index contributed by atoms with van der Waals surface area (Å²) in [5.74, 6) is -0.205. The predicted molar refractivity (Wildman–Crippen MR) is 46.1 cm³/mol. The summed E-state index contributed by atoms with van der Waals surface area (Å²) in [5, 5.41) is 0.609. The average molecular weight is 164 g/mol. The summed E-state index contributed by atoms with van der Waals surface area (Å²) in [4.78, 5) is 2.96. The van der Waals surface area contributed by atoms with Crippen molar-refractivity contribution in [3.63, 3.8) is 0 Å². The van der Waals surface area contributed by atoms with Crippen LogP contribution in [0.3, 0.4) is 0 Å². The fraction of sp³-hybridized carbons (Fsp3) is 0.111. The lowest BCUT2D eigenvalue weighted by Gasteiger charge is -1.99. The molecule has 3 heteroatoms. The van der Waals surface area contributed by atoms with Gasteiger partial charge in [0.2, 0.25) is 0 Å². The molecule has 0 spiro atoms. The number of halogens is 1. The van der Waals surface area contributed by atoms with Crippen LogP contribution in [0.4, 0.5) is 4.39 Å². The molecule has 0 fully saturated rings. The van der Waals surface area contributed by atoms with Crippen LogP contribution >= 0.6 is 0 Å². The molecule has 2 rings (SSSR count). The van der Waals surface area contributed by atoms with Crippen molar-refractivity contribution in [1.82, 2.24) is 4.98 Å². The molecule has 0 bridgehead atoms. The van der Waals surface area contributed by atoms with Crippen molar-refractivity contribution < 1.29 is 4.39 Å². The highest BCUT2D eigenvalue weighted by Crippen LogP contribution is 2.19. The molecule has 0 saturated heterocycles. The van der Waals surface area contributed by atoms with Crippen molar-refractivity contribution in [2.45, 2.75) is 6.54 Å². The van der Waals surface area contributed by atoms with Crippen molar-refractivity contribution in [1.29, 1.82) is 0 Å². The maximum absolute atomic E-state index is 13.1. The molecule has 2 nitrogen and oxygen atoms in total. The number of aromatic amines is 1. The Balaban J connectivity index is 2.82. The van der Waals surface area contributed by atoms with E-state index in [9.17, 15) is 4.39 Å². The maximum Gasteiger partial charge on any atom is 0.132 e. The Kier molecular flexibility index (Phi) is 1.59. The Labute approximate surface area is 69.2 Å². The van der Waals surface area contributed by atoms with E-state index in [2.05, 4.69) is 4.98 Å². The first-order valence-electron chi connectivity index (χ1n) is 3.77. The van der Waals surface area contributed by atoms with Crippen molar-refractivity contribution in [2.75, 3.05) is 0 Å². The van der Waals surface area contributed by atoms with E-state index in [1.54, 1.807) is 18.3 Å². The van der Waals surface area contributed by atoms with Crippen LogP contribution < -0.4 is 5.73 Å². The van der Waals surface area contributed by atoms with Crippen LogP contribution in [0, 0.1) is 5.82 Å². The Morgan fingerprint density at radius 3 is 2.92 bits per heavy atom. The fourth-order valence-corrected chi connectivity index (χ4v) is 1.35. The molecule has 0 radical (unpaired) electrons. The Morgan fingerprint density at radius 1 is 1.33 bits per heavy atom. The average Bonchev–Trinajstić information content (AvgIpc) is 2.54. The lowest BCUT2D eigenvalue weighted by atomic mass is 10.1. The summed E-state index contributed by atoms with van der Waals surface area (Å²) in [7, 11) is 0. The molecule has 0 amide bonds. The first-order chi connectivity index (χ1) is 5.83. The number of aromatic nitrogens is 1. The lowest BCUT2D eigenvalue weighted by molar-refractivity contribution is 0.639. The van der Waals surface area contributed by atoms with Crippen LogP contribution in [0.25, 0.3) is 10.9 Å². The molecule has 1 heterocycles.